The van der Waals surface area contributed by atoms with E-state index in [2.05, 4.69) is 6.92 Å². The fourth-order valence-electron chi connectivity index (χ4n) is 4.23. The maximum absolute atomic E-state index is 14.3. The normalized spacial score (nSPS) is 14.4. The third-order valence-corrected chi connectivity index (χ3v) is 7.91. The summed E-state index contributed by atoms with van der Waals surface area (Å²) >= 11 is 0. The molecule has 7 nitrogen and oxygen atoms in total. The third kappa shape index (κ3) is 10.4. The number of carbonyl (C=O) groups excluding carboxylic acids is 1. The lowest BCUT2D eigenvalue weighted by molar-refractivity contribution is -0.279. The van der Waals surface area contributed by atoms with Crippen LogP contribution < -0.4 is 0 Å². The molecule has 0 aliphatic carbocycles. The molecular formula is C30H41F3O7S. The number of aryl methyl sites for hydroxylation is 1. The van der Waals surface area contributed by atoms with Crippen LogP contribution in [0.15, 0.2) is 59.5 Å². The Labute approximate surface area is 241 Å². The molecule has 0 bridgehead atoms. The van der Waals surface area contributed by atoms with Crippen LogP contribution in [-0.4, -0.2) is 53.6 Å². The maximum atomic E-state index is 14.3. The number of methoxy groups -OCH3 is 1. The Bertz CT molecular complexity index is 1140. The van der Waals surface area contributed by atoms with Gasteiger partial charge in [-0.15, -0.1) is 0 Å². The summed E-state index contributed by atoms with van der Waals surface area (Å²) in [7, 11) is -3.52. The lowest BCUT2D eigenvalue weighted by Gasteiger charge is -2.33. The molecule has 0 heterocycles. The van der Waals surface area contributed by atoms with E-state index in [0.29, 0.717) is 6.42 Å². The van der Waals surface area contributed by atoms with E-state index in [1.807, 2.05) is 0 Å². The molecule has 0 saturated heterocycles. The minimum absolute atomic E-state index is 0.140. The zero-order chi connectivity index (χ0) is 30.4. The summed E-state index contributed by atoms with van der Waals surface area (Å²) in [5, 5.41) is 0. The van der Waals surface area contributed by atoms with Gasteiger partial charge in [-0.05, 0) is 25.5 Å². The van der Waals surface area contributed by atoms with Gasteiger partial charge >= 0.3 is 12.1 Å². The van der Waals surface area contributed by atoms with Crippen LogP contribution in [0.5, 0.6) is 0 Å². The summed E-state index contributed by atoms with van der Waals surface area (Å²) in [4.78, 5) is 13.0. The van der Waals surface area contributed by atoms with Crippen molar-refractivity contribution in [2.24, 2.45) is 0 Å². The Morgan fingerprint density at radius 2 is 1.44 bits per heavy atom. The molecule has 2 aromatic carbocycles. The van der Waals surface area contributed by atoms with Crippen LogP contribution in [0.3, 0.4) is 0 Å². The summed E-state index contributed by atoms with van der Waals surface area (Å²) in [6, 6.07) is 12.2. The summed E-state index contributed by atoms with van der Waals surface area (Å²) in [6.07, 6.45) is 1.87. The SMILES string of the molecule is CCCCCCCCCCOC[C@@H](COS(=O)(=O)c1ccc(C)cc1)OC(=O)[C@@](OC)(c1ccccc1)C(F)(F)F. The highest BCUT2D eigenvalue weighted by Crippen LogP contribution is 2.43. The average Bonchev–Trinajstić information content (AvgIpc) is 2.93. The molecule has 0 aromatic heterocycles. The summed E-state index contributed by atoms with van der Waals surface area (Å²) < 4.78 is 89.1. The van der Waals surface area contributed by atoms with E-state index in [0.717, 1.165) is 44.1 Å². The summed E-state index contributed by atoms with van der Waals surface area (Å²) in [5.74, 6) is -1.75. The van der Waals surface area contributed by atoms with Gasteiger partial charge in [0.05, 0.1) is 11.5 Å². The third-order valence-electron chi connectivity index (χ3n) is 6.61. The molecule has 230 valence electrons. The van der Waals surface area contributed by atoms with Crippen LogP contribution in [0.1, 0.15) is 69.4 Å². The number of unbranched alkanes of at least 4 members (excludes halogenated alkanes) is 7. The van der Waals surface area contributed by atoms with Crippen molar-refractivity contribution in [1.82, 2.24) is 0 Å². The van der Waals surface area contributed by atoms with Crippen molar-refractivity contribution in [2.45, 2.75) is 88.0 Å². The first-order valence-electron chi connectivity index (χ1n) is 13.9. The van der Waals surface area contributed by atoms with E-state index in [9.17, 15) is 26.4 Å². The Hall–Kier alpha value is -2.47. The first kappa shape index (κ1) is 34.7. The molecule has 0 unspecified atom stereocenters. The number of hydrogen-bond acceptors (Lipinski definition) is 7. The fourth-order valence-corrected chi connectivity index (χ4v) is 5.17. The van der Waals surface area contributed by atoms with Crippen molar-refractivity contribution in [3.8, 4) is 0 Å². The molecule has 2 rings (SSSR count). The smallest absolute Gasteiger partial charge is 0.432 e. The van der Waals surface area contributed by atoms with Gasteiger partial charge in [-0.25, -0.2) is 4.79 Å². The highest BCUT2D eigenvalue weighted by molar-refractivity contribution is 7.86. The molecule has 11 heteroatoms. The molecule has 0 aliphatic rings. The Balaban J connectivity index is 2.12. The Morgan fingerprint density at radius 3 is 2.00 bits per heavy atom. The molecule has 2 aromatic rings. The van der Waals surface area contributed by atoms with Gasteiger partial charge < -0.3 is 14.2 Å². The molecule has 0 saturated carbocycles. The van der Waals surface area contributed by atoms with E-state index in [1.165, 1.54) is 56.0 Å². The number of halogens is 3. The van der Waals surface area contributed by atoms with Crippen LogP contribution in [-0.2, 0) is 38.9 Å². The van der Waals surface area contributed by atoms with E-state index in [-0.39, 0.29) is 18.1 Å². The molecule has 2 atom stereocenters. The second kappa shape index (κ2) is 16.8. The lowest BCUT2D eigenvalue weighted by atomic mass is 9.92. The van der Waals surface area contributed by atoms with Crippen molar-refractivity contribution in [1.29, 1.82) is 0 Å². The average molecular weight is 603 g/mol. The fraction of sp³-hybridized carbons (Fsp3) is 0.567. The maximum Gasteiger partial charge on any atom is 0.432 e. The van der Waals surface area contributed by atoms with E-state index < -0.39 is 46.1 Å². The number of esters is 1. The predicted octanol–water partition coefficient (Wildman–Crippen LogP) is 6.87. The second-order valence-electron chi connectivity index (χ2n) is 9.88. The largest absolute Gasteiger partial charge is 0.455 e. The van der Waals surface area contributed by atoms with Gasteiger partial charge in [0, 0.05) is 19.3 Å². The van der Waals surface area contributed by atoms with Crippen molar-refractivity contribution < 1.29 is 44.8 Å². The molecule has 0 amide bonds. The second-order valence-corrected chi connectivity index (χ2v) is 11.5. The van der Waals surface area contributed by atoms with Crippen LogP contribution >= 0.6 is 0 Å². The van der Waals surface area contributed by atoms with Crippen LogP contribution in [0, 0.1) is 6.92 Å². The van der Waals surface area contributed by atoms with Crippen molar-refractivity contribution in [3.63, 3.8) is 0 Å². The minimum Gasteiger partial charge on any atom is -0.455 e. The molecule has 0 radical (unpaired) electrons. The number of alkyl halides is 3. The number of ether oxygens (including phenoxy) is 3. The van der Waals surface area contributed by atoms with Gasteiger partial charge in [0.1, 0.15) is 12.7 Å². The lowest BCUT2D eigenvalue weighted by Crippen LogP contribution is -2.53. The van der Waals surface area contributed by atoms with E-state index in [4.69, 9.17) is 18.4 Å². The highest BCUT2D eigenvalue weighted by Gasteiger charge is 2.64. The minimum atomic E-state index is -5.18. The van der Waals surface area contributed by atoms with Crippen molar-refractivity contribution in [3.05, 3.63) is 65.7 Å². The Kier molecular flexibility index (Phi) is 14.3. The zero-order valence-corrected chi connectivity index (χ0v) is 24.8. The van der Waals surface area contributed by atoms with Crippen LogP contribution in [0.2, 0.25) is 0 Å². The first-order valence-corrected chi connectivity index (χ1v) is 15.3. The predicted molar refractivity (Wildman–Crippen MR) is 149 cm³/mol. The first-order chi connectivity index (χ1) is 19.5. The number of rotatable bonds is 19. The van der Waals surface area contributed by atoms with Crippen molar-refractivity contribution >= 4 is 16.1 Å². The van der Waals surface area contributed by atoms with Gasteiger partial charge in [0.2, 0.25) is 0 Å². The zero-order valence-electron chi connectivity index (χ0n) is 24.0. The van der Waals surface area contributed by atoms with Gasteiger partial charge in [-0.3, -0.25) is 4.18 Å². The molecule has 0 N–H and O–H groups in total. The van der Waals surface area contributed by atoms with E-state index in [1.54, 1.807) is 19.1 Å². The van der Waals surface area contributed by atoms with Gasteiger partial charge in [-0.1, -0.05) is 99.9 Å². The van der Waals surface area contributed by atoms with Gasteiger partial charge in [0.25, 0.3) is 15.7 Å². The number of benzene rings is 2. The Morgan fingerprint density at radius 1 is 0.854 bits per heavy atom. The standard InChI is InChI=1S/C30H41F3O7S/c1-4-5-6-7-8-9-10-14-21-38-22-26(23-39-41(35,36)27-19-17-24(2)18-20-27)40-28(34)29(37-3,30(31,32)33)25-15-12-11-13-16-25/h11-13,15-20,26H,4-10,14,21-23H2,1-3H3/t26-,29-/m0/s1. The van der Waals surface area contributed by atoms with E-state index >= 15 is 0 Å². The quantitative estimate of drug-likeness (QED) is 0.0985. The number of carbonyl (C=O) groups is 1. The molecule has 0 aliphatic heterocycles. The summed E-state index contributed by atoms with van der Waals surface area (Å²) in [5.41, 5.74) is -3.08. The van der Waals surface area contributed by atoms with Gasteiger partial charge in [0.15, 0.2) is 0 Å². The van der Waals surface area contributed by atoms with Crippen LogP contribution in [0.25, 0.3) is 0 Å². The van der Waals surface area contributed by atoms with Crippen molar-refractivity contribution in [2.75, 3.05) is 26.9 Å². The molecule has 41 heavy (non-hydrogen) atoms. The van der Waals surface area contributed by atoms with Gasteiger partial charge in [-0.2, -0.15) is 21.6 Å². The molecule has 0 fully saturated rings. The van der Waals surface area contributed by atoms with Crippen LogP contribution in [0.4, 0.5) is 13.2 Å². The number of hydrogen-bond donors (Lipinski definition) is 0. The molecule has 0 spiro atoms. The summed E-state index contributed by atoms with van der Waals surface area (Å²) in [6.45, 7) is 3.10. The monoisotopic (exact) mass is 602 g/mol. The topological polar surface area (TPSA) is 88.1 Å². The highest BCUT2D eigenvalue weighted by atomic mass is 32.2. The molecular weight excluding hydrogens is 561 g/mol.